The fourth-order valence-electron chi connectivity index (χ4n) is 5.89. The number of nitrogens with zero attached hydrogens (tertiary/aromatic N) is 2. The van der Waals surface area contributed by atoms with Gasteiger partial charge in [0.05, 0.1) is 22.6 Å². The zero-order valence-electron chi connectivity index (χ0n) is 25.5. The monoisotopic (exact) mass is 631 g/mol. The number of aromatic nitrogens is 1. The average molecular weight is 632 g/mol. The highest BCUT2D eigenvalue weighted by molar-refractivity contribution is 7.89. The van der Waals surface area contributed by atoms with Crippen molar-refractivity contribution in [2.45, 2.75) is 69.5 Å². The van der Waals surface area contributed by atoms with Crippen molar-refractivity contribution in [2.75, 3.05) is 20.1 Å². The van der Waals surface area contributed by atoms with Gasteiger partial charge in [0.2, 0.25) is 10.0 Å². The standard InChI is InChI=1S/C33H40F3N3O4S/c1-22(20-37-32(2,3)19-23-14-24-8-5-6-9-25(24)15-23)21-39(4)44(42,43)29-17-26(16-27(18-29)33(34,35)36)30-11-7-10-28(38-30)12-13-31(40)41/h5-11,16-18,22-23,37H,12-15,19-21H2,1-4H3,(H,40,41)/t22-/m0/s1. The van der Waals surface area contributed by atoms with Crippen LogP contribution < -0.4 is 5.32 Å². The third-order valence-corrected chi connectivity index (χ3v) is 9.87. The number of hydrogen-bond donors (Lipinski definition) is 2. The van der Waals surface area contributed by atoms with Gasteiger partial charge in [0.15, 0.2) is 0 Å². The molecule has 0 bridgehead atoms. The summed E-state index contributed by atoms with van der Waals surface area (Å²) in [5, 5.41) is 12.5. The first-order valence-corrected chi connectivity index (χ1v) is 16.2. The predicted octanol–water partition coefficient (Wildman–Crippen LogP) is 6.21. The van der Waals surface area contributed by atoms with Crippen LogP contribution in [0, 0.1) is 11.8 Å². The molecule has 7 nitrogen and oxygen atoms in total. The highest BCUT2D eigenvalue weighted by atomic mass is 32.2. The van der Waals surface area contributed by atoms with Gasteiger partial charge >= 0.3 is 12.1 Å². The largest absolute Gasteiger partial charge is 0.481 e. The van der Waals surface area contributed by atoms with Crippen LogP contribution in [0.1, 0.15) is 56.0 Å². The molecule has 11 heteroatoms. The van der Waals surface area contributed by atoms with Crippen LogP contribution in [0.4, 0.5) is 13.2 Å². The molecule has 3 aromatic rings. The predicted molar refractivity (Wildman–Crippen MR) is 164 cm³/mol. The van der Waals surface area contributed by atoms with E-state index >= 15 is 0 Å². The van der Waals surface area contributed by atoms with E-state index in [1.807, 2.05) is 6.92 Å². The van der Waals surface area contributed by atoms with Crippen molar-refractivity contribution in [3.8, 4) is 11.3 Å². The number of rotatable bonds is 13. The lowest BCUT2D eigenvalue weighted by Gasteiger charge is -2.31. The van der Waals surface area contributed by atoms with Gasteiger partial charge in [-0.1, -0.05) is 37.3 Å². The van der Waals surface area contributed by atoms with Gasteiger partial charge in [-0.05, 0) is 92.9 Å². The normalized spacial score (nSPS) is 15.0. The molecule has 1 heterocycles. The number of aliphatic carboxylic acids is 1. The molecule has 0 saturated carbocycles. The summed E-state index contributed by atoms with van der Waals surface area (Å²) in [5.74, 6) is -0.621. The maximum Gasteiger partial charge on any atom is 0.416 e. The van der Waals surface area contributed by atoms with Crippen LogP contribution in [0.25, 0.3) is 11.3 Å². The lowest BCUT2D eigenvalue weighted by atomic mass is 9.88. The number of hydrogen-bond acceptors (Lipinski definition) is 5. The van der Waals surface area contributed by atoms with Crippen LogP contribution in [0.2, 0.25) is 0 Å². The minimum absolute atomic E-state index is 0.0190. The molecule has 0 radical (unpaired) electrons. The zero-order valence-corrected chi connectivity index (χ0v) is 26.3. The SMILES string of the molecule is C[C@@H](CNC(C)(C)CC1Cc2ccccc2C1)CN(C)S(=O)(=O)c1cc(-c2cccc(CCC(=O)O)n2)cc(C(F)(F)F)c1. The summed E-state index contributed by atoms with van der Waals surface area (Å²) in [4.78, 5) is 14.8. The molecule has 2 aromatic carbocycles. The molecule has 0 amide bonds. The Bertz CT molecular complexity index is 1570. The second-order valence-electron chi connectivity index (χ2n) is 12.6. The van der Waals surface area contributed by atoms with E-state index in [-0.39, 0.29) is 42.1 Å². The lowest BCUT2D eigenvalue weighted by molar-refractivity contribution is -0.138. The number of carboxylic acids is 1. The Balaban J connectivity index is 1.45. The summed E-state index contributed by atoms with van der Waals surface area (Å²) in [7, 11) is -2.91. The smallest absolute Gasteiger partial charge is 0.416 e. The Morgan fingerprint density at radius 1 is 1.07 bits per heavy atom. The summed E-state index contributed by atoms with van der Waals surface area (Å²) in [5.41, 5.74) is 2.00. The average Bonchev–Trinajstić information content (AvgIpc) is 3.36. The van der Waals surface area contributed by atoms with E-state index in [1.165, 1.54) is 30.3 Å². The van der Waals surface area contributed by atoms with Crippen LogP contribution in [-0.4, -0.2) is 54.5 Å². The molecule has 1 aromatic heterocycles. The molecular weight excluding hydrogens is 591 g/mol. The van der Waals surface area contributed by atoms with Crippen molar-refractivity contribution in [3.05, 3.63) is 83.0 Å². The third kappa shape index (κ3) is 8.67. The van der Waals surface area contributed by atoms with Gasteiger partial charge in [0.25, 0.3) is 0 Å². The number of fused-ring (bicyclic) bond motifs is 1. The molecule has 1 atom stereocenters. The van der Waals surface area contributed by atoms with Crippen molar-refractivity contribution in [3.63, 3.8) is 0 Å². The Labute approximate surface area is 257 Å². The van der Waals surface area contributed by atoms with Crippen molar-refractivity contribution >= 4 is 16.0 Å². The van der Waals surface area contributed by atoms with E-state index in [9.17, 15) is 26.4 Å². The first kappa shape index (κ1) is 33.6. The molecule has 1 aliphatic rings. The van der Waals surface area contributed by atoms with Crippen LogP contribution in [0.5, 0.6) is 0 Å². The Morgan fingerprint density at radius 2 is 1.73 bits per heavy atom. The molecule has 238 valence electrons. The lowest BCUT2D eigenvalue weighted by Crippen LogP contribution is -2.45. The van der Waals surface area contributed by atoms with E-state index < -0.39 is 32.6 Å². The first-order chi connectivity index (χ1) is 20.5. The second-order valence-corrected chi connectivity index (χ2v) is 14.6. The topological polar surface area (TPSA) is 99.6 Å². The van der Waals surface area contributed by atoms with E-state index in [0.29, 0.717) is 24.2 Å². The van der Waals surface area contributed by atoms with Gasteiger partial charge in [0.1, 0.15) is 0 Å². The fourth-order valence-corrected chi connectivity index (χ4v) is 7.26. The molecule has 4 rings (SSSR count). The maximum atomic E-state index is 13.9. The molecular formula is C33H40F3N3O4S. The summed E-state index contributed by atoms with van der Waals surface area (Å²) >= 11 is 0. The van der Waals surface area contributed by atoms with Crippen LogP contribution >= 0.6 is 0 Å². The zero-order chi connectivity index (χ0) is 32.3. The number of pyridine rings is 1. The van der Waals surface area contributed by atoms with Crippen LogP contribution in [-0.2, 0) is 40.3 Å². The van der Waals surface area contributed by atoms with Crippen molar-refractivity contribution in [1.82, 2.24) is 14.6 Å². The summed E-state index contributed by atoms with van der Waals surface area (Å²) in [6.07, 6.45) is -1.85. The number of nitrogens with one attached hydrogen (secondary N) is 1. The summed E-state index contributed by atoms with van der Waals surface area (Å²) in [6, 6.07) is 15.8. The first-order valence-electron chi connectivity index (χ1n) is 14.7. The number of alkyl halides is 3. The number of carboxylic acid groups (broad SMARTS) is 1. The van der Waals surface area contributed by atoms with Gasteiger partial charge in [-0.15, -0.1) is 0 Å². The molecule has 0 saturated heterocycles. The van der Waals surface area contributed by atoms with Crippen molar-refractivity contribution < 1.29 is 31.5 Å². The Hall–Kier alpha value is -3.28. The number of benzene rings is 2. The molecule has 44 heavy (non-hydrogen) atoms. The Morgan fingerprint density at radius 3 is 2.34 bits per heavy atom. The molecule has 0 unspecified atom stereocenters. The summed E-state index contributed by atoms with van der Waals surface area (Å²) in [6.45, 7) is 6.82. The number of carbonyl (C=O) groups is 1. The van der Waals surface area contributed by atoms with E-state index in [2.05, 4.69) is 48.4 Å². The number of aryl methyl sites for hydroxylation is 1. The van der Waals surface area contributed by atoms with Crippen LogP contribution in [0.15, 0.2) is 65.6 Å². The molecule has 0 aliphatic heterocycles. The van der Waals surface area contributed by atoms with Gasteiger partial charge < -0.3 is 10.4 Å². The van der Waals surface area contributed by atoms with Gasteiger partial charge in [-0.2, -0.15) is 13.2 Å². The highest BCUT2D eigenvalue weighted by Gasteiger charge is 2.34. The second kappa shape index (κ2) is 13.4. The number of sulfonamides is 1. The van der Waals surface area contributed by atoms with E-state index in [4.69, 9.17) is 5.11 Å². The minimum Gasteiger partial charge on any atom is -0.481 e. The number of halogens is 3. The van der Waals surface area contributed by atoms with Crippen LogP contribution in [0.3, 0.4) is 0 Å². The van der Waals surface area contributed by atoms with E-state index in [1.54, 1.807) is 12.1 Å². The quantitative estimate of drug-likeness (QED) is 0.233. The minimum atomic E-state index is -4.79. The molecule has 1 aliphatic carbocycles. The molecule has 2 N–H and O–H groups in total. The molecule has 0 fully saturated rings. The maximum absolute atomic E-state index is 13.9. The highest BCUT2D eigenvalue weighted by Crippen LogP contribution is 2.35. The Kier molecular flexibility index (Phi) is 10.2. The summed E-state index contributed by atoms with van der Waals surface area (Å²) < 4.78 is 69.9. The van der Waals surface area contributed by atoms with E-state index in [0.717, 1.165) is 29.6 Å². The molecule has 0 spiro atoms. The fraction of sp³-hybridized carbons (Fsp3) is 0.455. The van der Waals surface area contributed by atoms with Gasteiger partial charge in [-0.3, -0.25) is 9.78 Å². The van der Waals surface area contributed by atoms with Gasteiger partial charge in [0, 0.05) is 36.8 Å². The van der Waals surface area contributed by atoms with Gasteiger partial charge in [-0.25, -0.2) is 12.7 Å². The van der Waals surface area contributed by atoms with Crippen molar-refractivity contribution in [1.29, 1.82) is 0 Å². The van der Waals surface area contributed by atoms with Crippen molar-refractivity contribution in [2.24, 2.45) is 11.8 Å². The third-order valence-electron chi connectivity index (χ3n) is 8.07.